The predicted molar refractivity (Wildman–Crippen MR) is 106 cm³/mol. The SMILES string of the molecule is C/C(=C/C(=O)NCC1(c2ccccc2Cl)CCOCC1)c1ccc(F)cc1. The molecule has 0 aromatic heterocycles. The Morgan fingerprint density at radius 2 is 1.85 bits per heavy atom. The molecule has 0 spiro atoms. The van der Waals surface area contributed by atoms with Crippen LogP contribution in [0.15, 0.2) is 54.6 Å². The van der Waals surface area contributed by atoms with Crippen LogP contribution in [0.2, 0.25) is 5.02 Å². The highest BCUT2D eigenvalue weighted by Crippen LogP contribution is 2.38. The van der Waals surface area contributed by atoms with E-state index in [1.165, 1.54) is 12.1 Å². The second-order valence-corrected chi connectivity index (χ2v) is 7.33. The molecule has 1 aliphatic heterocycles. The van der Waals surface area contributed by atoms with Gasteiger partial charge in [0.25, 0.3) is 0 Å². The van der Waals surface area contributed by atoms with Crippen LogP contribution in [0.1, 0.15) is 30.9 Å². The predicted octanol–water partition coefficient (Wildman–Crippen LogP) is 4.75. The summed E-state index contributed by atoms with van der Waals surface area (Å²) < 4.78 is 18.6. The largest absolute Gasteiger partial charge is 0.381 e. The monoisotopic (exact) mass is 387 g/mol. The number of nitrogens with one attached hydrogen (secondary N) is 1. The Morgan fingerprint density at radius 3 is 2.52 bits per heavy atom. The average Bonchev–Trinajstić information content (AvgIpc) is 2.68. The van der Waals surface area contributed by atoms with Gasteiger partial charge in [0.1, 0.15) is 5.82 Å². The topological polar surface area (TPSA) is 38.3 Å². The third-order valence-corrected chi connectivity index (χ3v) is 5.47. The summed E-state index contributed by atoms with van der Waals surface area (Å²) >= 11 is 6.44. The summed E-state index contributed by atoms with van der Waals surface area (Å²) in [5.74, 6) is -0.466. The fourth-order valence-corrected chi connectivity index (χ4v) is 3.83. The van der Waals surface area contributed by atoms with Crippen LogP contribution in [0.3, 0.4) is 0 Å². The smallest absolute Gasteiger partial charge is 0.244 e. The van der Waals surface area contributed by atoms with E-state index in [9.17, 15) is 9.18 Å². The van der Waals surface area contributed by atoms with Gasteiger partial charge in [0, 0.05) is 36.3 Å². The van der Waals surface area contributed by atoms with Crippen LogP contribution in [-0.2, 0) is 14.9 Å². The third-order valence-electron chi connectivity index (χ3n) is 5.14. The van der Waals surface area contributed by atoms with Gasteiger partial charge in [-0.2, -0.15) is 0 Å². The van der Waals surface area contributed by atoms with Gasteiger partial charge in [0.05, 0.1) is 0 Å². The number of hydrogen-bond donors (Lipinski definition) is 1. The molecule has 2 aromatic rings. The van der Waals surface area contributed by atoms with Crippen molar-refractivity contribution in [3.05, 3.63) is 76.6 Å². The van der Waals surface area contributed by atoms with Crippen molar-refractivity contribution in [3.63, 3.8) is 0 Å². The first-order valence-corrected chi connectivity index (χ1v) is 9.43. The molecule has 5 heteroatoms. The molecule has 0 radical (unpaired) electrons. The molecule has 2 aromatic carbocycles. The average molecular weight is 388 g/mol. The molecule has 0 aliphatic carbocycles. The molecule has 27 heavy (non-hydrogen) atoms. The first kappa shape index (κ1) is 19.6. The molecule has 3 nitrogen and oxygen atoms in total. The van der Waals surface area contributed by atoms with Gasteiger partial charge in [0.15, 0.2) is 0 Å². The molecule has 0 atom stereocenters. The highest BCUT2D eigenvalue weighted by Gasteiger charge is 2.36. The van der Waals surface area contributed by atoms with Crippen molar-refractivity contribution in [2.75, 3.05) is 19.8 Å². The number of carbonyl (C=O) groups excluding carboxylic acids is 1. The van der Waals surface area contributed by atoms with Crippen LogP contribution in [0.25, 0.3) is 5.57 Å². The lowest BCUT2D eigenvalue weighted by Crippen LogP contribution is -2.44. The van der Waals surface area contributed by atoms with Gasteiger partial charge in [-0.25, -0.2) is 4.39 Å². The number of ether oxygens (including phenoxy) is 1. The first-order chi connectivity index (χ1) is 13.0. The number of hydrogen-bond acceptors (Lipinski definition) is 2. The summed E-state index contributed by atoms with van der Waals surface area (Å²) in [5.41, 5.74) is 2.42. The molecule has 3 rings (SSSR count). The maximum Gasteiger partial charge on any atom is 0.244 e. The Labute approximate surface area is 164 Å². The minimum Gasteiger partial charge on any atom is -0.381 e. The van der Waals surface area contributed by atoms with E-state index in [4.69, 9.17) is 16.3 Å². The minimum atomic E-state index is -0.294. The van der Waals surface area contributed by atoms with Gasteiger partial charge >= 0.3 is 0 Å². The van der Waals surface area contributed by atoms with Crippen LogP contribution >= 0.6 is 11.6 Å². The van der Waals surface area contributed by atoms with E-state index in [0.717, 1.165) is 29.5 Å². The molecular formula is C22H23ClFNO2. The van der Waals surface area contributed by atoms with Crippen molar-refractivity contribution in [2.45, 2.75) is 25.2 Å². The molecule has 1 amide bonds. The summed E-state index contributed by atoms with van der Waals surface area (Å²) in [4.78, 5) is 12.5. The minimum absolute atomic E-state index is 0.172. The summed E-state index contributed by atoms with van der Waals surface area (Å²) in [6, 6.07) is 13.9. The van der Waals surface area contributed by atoms with Gasteiger partial charge in [0.2, 0.25) is 5.91 Å². The van der Waals surface area contributed by atoms with E-state index >= 15 is 0 Å². The molecular weight excluding hydrogens is 365 g/mol. The van der Waals surface area contributed by atoms with E-state index in [0.29, 0.717) is 24.8 Å². The van der Waals surface area contributed by atoms with E-state index in [1.54, 1.807) is 18.2 Å². The maximum atomic E-state index is 13.1. The quantitative estimate of drug-likeness (QED) is 0.752. The summed E-state index contributed by atoms with van der Waals surface area (Å²) in [6.45, 7) is 3.62. The van der Waals surface area contributed by atoms with Crippen molar-refractivity contribution < 1.29 is 13.9 Å². The standard InChI is InChI=1S/C22H23ClFNO2/c1-16(17-6-8-18(24)9-7-17)14-21(26)25-15-22(10-12-27-13-11-22)19-4-2-3-5-20(19)23/h2-9,14H,10-13,15H2,1H3,(H,25,26)/b16-14-. The zero-order valence-electron chi connectivity index (χ0n) is 15.3. The Balaban J connectivity index is 1.74. The van der Waals surface area contributed by atoms with Gasteiger partial charge in [-0.3, -0.25) is 4.79 Å². The van der Waals surface area contributed by atoms with Crippen molar-refractivity contribution in [3.8, 4) is 0 Å². The Kier molecular flexibility index (Phi) is 6.30. The van der Waals surface area contributed by atoms with Crippen molar-refractivity contribution in [2.24, 2.45) is 0 Å². The number of halogens is 2. The second kappa shape index (κ2) is 8.68. The molecule has 1 heterocycles. The van der Waals surface area contributed by atoms with Crippen LogP contribution in [0.4, 0.5) is 4.39 Å². The second-order valence-electron chi connectivity index (χ2n) is 6.92. The summed E-state index contributed by atoms with van der Waals surface area (Å²) in [5, 5.41) is 3.74. The molecule has 1 fully saturated rings. The lowest BCUT2D eigenvalue weighted by Gasteiger charge is -2.38. The highest BCUT2D eigenvalue weighted by molar-refractivity contribution is 6.31. The Hall–Kier alpha value is -2.17. The van der Waals surface area contributed by atoms with Crippen LogP contribution in [0.5, 0.6) is 0 Å². The lowest BCUT2D eigenvalue weighted by atomic mass is 9.74. The molecule has 0 bridgehead atoms. The van der Waals surface area contributed by atoms with Crippen LogP contribution in [0, 0.1) is 5.82 Å². The normalized spacial score (nSPS) is 16.8. The van der Waals surface area contributed by atoms with E-state index < -0.39 is 0 Å². The van der Waals surface area contributed by atoms with Crippen molar-refractivity contribution >= 4 is 23.1 Å². The zero-order valence-corrected chi connectivity index (χ0v) is 16.1. The molecule has 0 unspecified atom stereocenters. The molecule has 1 N–H and O–H groups in total. The van der Waals surface area contributed by atoms with E-state index in [2.05, 4.69) is 5.32 Å². The molecule has 1 aliphatic rings. The van der Waals surface area contributed by atoms with Crippen LogP contribution < -0.4 is 5.32 Å². The number of carbonyl (C=O) groups is 1. The molecule has 142 valence electrons. The third kappa shape index (κ3) is 4.76. The van der Waals surface area contributed by atoms with Gasteiger partial charge < -0.3 is 10.1 Å². The zero-order chi connectivity index (χ0) is 19.3. The Bertz CT molecular complexity index is 826. The van der Waals surface area contributed by atoms with Gasteiger partial charge in [-0.1, -0.05) is 41.9 Å². The number of allylic oxidation sites excluding steroid dienone is 1. The fraction of sp³-hybridized carbons (Fsp3) is 0.318. The Morgan fingerprint density at radius 1 is 1.19 bits per heavy atom. The highest BCUT2D eigenvalue weighted by atomic mass is 35.5. The maximum absolute atomic E-state index is 13.1. The van der Waals surface area contributed by atoms with Crippen LogP contribution in [-0.4, -0.2) is 25.7 Å². The lowest BCUT2D eigenvalue weighted by molar-refractivity contribution is -0.117. The van der Waals surface area contributed by atoms with Crippen molar-refractivity contribution in [1.82, 2.24) is 5.32 Å². The van der Waals surface area contributed by atoms with Gasteiger partial charge in [-0.15, -0.1) is 0 Å². The number of amides is 1. The fourth-order valence-electron chi connectivity index (χ4n) is 3.49. The first-order valence-electron chi connectivity index (χ1n) is 9.05. The molecule has 1 saturated heterocycles. The van der Waals surface area contributed by atoms with E-state index in [-0.39, 0.29) is 17.1 Å². The van der Waals surface area contributed by atoms with Gasteiger partial charge in [-0.05, 0) is 54.7 Å². The molecule has 0 saturated carbocycles. The summed E-state index contributed by atoms with van der Waals surface area (Å²) in [6.07, 6.45) is 3.15. The van der Waals surface area contributed by atoms with Crippen molar-refractivity contribution in [1.29, 1.82) is 0 Å². The number of benzene rings is 2. The van der Waals surface area contributed by atoms with E-state index in [1.807, 2.05) is 31.2 Å². The number of rotatable bonds is 5. The summed E-state index contributed by atoms with van der Waals surface area (Å²) in [7, 11) is 0.